The van der Waals surface area contributed by atoms with Gasteiger partial charge in [0.2, 0.25) is 0 Å². The van der Waals surface area contributed by atoms with E-state index in [1.807, 2.05) is 68.9 Å². The highest BCUT2D eigenvalue weighted by Crippen LogP contribution is 2.21. The molecule has 0 unspecified atom stereocenters. The molecule has 0 spiro atoms. The quantitative estimate of drug-likeness (QED) is 0.0307. The van der Waals surface area contributed by atoms with Crippen molar-refractivity contribution in [3.8, 4) is 0 Å². The molecule has 0 aliphatic rings. The maximum Gasteiger partial charge on any atom is 0.500 e. The molecule has 0 aromatic heterocycles. The van der Waals surface area contributed by atoms with Crippen LogP contribution >= 0.6 is 0 Å². The Morgan fingerprint density at radius 2 is 0.359 bits per heavy atom. The molecule has 0 fully saturated rings. The maximum atomic E-state index is 5.81. The van der Waals surface area contributed by atoms with E-state index in [1.165, 1.54) is 0 Å². The van der Waals surface area contributed by atoms with E-state index in [0.29, 0.717) is 98.7 Å². The van der Waals surface area contributed by atoms with E-state index in [9.17, 15) is 0 Å². The van der Waals surface area contributed by atoms with E-state index in [-0.39, 0.29) is 0 Å². The van der Waals surface area contributed by atoms with Gasteiger partial charge in [-0.3, -0.25) is 0 Å². The number of rotatable bonds is 68. The zero-order chi connectivity index (χ0) is 79.6. The predicted octanol–water partition coefficient (Wildman–Crippen LogP) is 3.03. The molecular formula is C63H167N13O20Si7. The van der Waals surface area contributed by atoms with Crippen LogP contribution in [0.5, 0.6) is 0 Å². The van der Waals surface area contributed by atoms with Crippen LogP contribution in [-0.2, 0) is 88.5 Å². The fourth-order valence-corrected chi connectivity index (χ4v) is 23.7. The summed E-state index contributed by atoms with van der Waals surface area (Å²) in [6, 6.07) is 5.97. The SMILES string of the molecule is CCO[Si](CCCN)(OCC)OCC.CCO[Si](CCCNCCN)(OCC)OCC.CCO[Si](CCCNCCNCCN)(OCC)OCC.CO[Si](C)(CCCN)OC.CO[Si](CCCN)(OC)OC.CO[Si](CCCNCCN)(OC)OC.CO[Si](CCCNCCNCCN)(OC)OC. The van der Waals surface area contributed by atoms with Gasteiger partial charge in [0, 0.05) is 252 Å². The number of nitrogens with one attached hydrogen (secondary N) is 6. The lowest BCUT2D eigenvalue weighted by Crippen LogP contribution is -2.46. The minimum absolute atomic E-state index is 0.636. The third-order valence-corrected chi connectivity index (χ3v) is 35.7. The Bertz CT molecular complexity index is 1540. The average molecular weight is 1620 g/mol. The Morgan fingerprint density at radius 1 is 0.194 bits per heavy atom. The Labute approximate surface area is 636 Å². The first-order valence-electron chi connectivity index (χ1n) is 37.6. The molecule has 33 nitrogen and oxygen atoms in total. The molecule has 0 radical (unpaired) electrons. The van der Waals surface area contributed by atoms with Crippen molar-refractivity contribution in [1.29, 1.82) is 0 Å². The summed E-state index contributed by atoms with van der Waals surface area (Å²) in [5.41, 5.74) is 37.7. The summed E-state index contributed by atoms with van der Waals surface area (Å²) in [4.78, 5) is 0. The van der Waals surface area contributed by atoms with Gasteiger partial charge in [0.05, 0.1) is 0 Å². The first-order chi connectivity index (χ1) is 49.6. The molecule has 632 valence electrons. The normalized spacial score (nSPS) is 12.0. The van der Waals surface area contributed by atoms with E-state index in [1.54, 1.807) is 78.2 Å². The van der Waals surface area contributed by atoms with Crippen LogP contribution in [0.2, 0.25) is 48.9 Å². The van der Waals surface area contributed by atoms with Crippen molar-refractivity contribution < 1.29 is 88.5 Å². The third kappa shape index (κ3) is 68.7. The molecule has 0 rings (SSSR count). The van der Waals surface area contributed by atoms with Crippen LogP contribution in [0.15, 0.2) is 0 Å². The Kier molecular flexibility index (Phi) is 97.5. The van der Waals surface area contributed by atoms with Gasteiger partial charge < -0.3 is 161 Å². The van der Waals surface area contributed by atoms with Crippen molar-refractivity contribution in [2.75, 3.05) is 262 Å². The molecule has 20 N–H and O–H groups in total. The standard InChI is InChI=1S/C13H33N3O3Si.C11H28N2O3Si.C10H27N3O3Si.C9H23NO3Si.C8H22N2O3Si.C6H17NO3Si.C6H17NO2Si/c1-4-17-20(18-5-2,19-6-3)13-7-9-15-11-12-16-10-8-14;1-4-14-17(15-5-2,16-6-3)11-7-9-13-10-8-12;1-14-17(15-2,16-3)10-4-6-12-8-9-13-7-5-11;1-4-11-14(12-5-2,13-6-3)9-7-8-10;1-11-14(12-2,13-3)8-4-6-10-7-5-9;1-8-11(9-2,10-3)6-4-5-7;1-8-10(3,9-2)6-4-5-7/h15-16H,4-14H2,1-3H3;13H,4-12H2,1-3H3;12-13H,4-11H2,1-3H3;4-10H2,1-3H3;10H,4-9H2,1-3H3;4-7H2,1-3H3;4-7H2,1-3H3. The Balaban J connectivity index is -0.000000211. The largest absolute Gasteiger partial charge is 0.500 e. The van der Waals surface area contributed by atoms with Gasteiger partial charge in [-0.25, -0.2) is 0 Å². The van der Waals surface area contributed by atoms with Gasteiger partial charge in [-0.15, -0.1) is 0 Å². The molecular weight excluding hydrogens is 1460 g/mol. The molecule has 0 aliphatic heterocycles. The molecule has 0 atom stereocenters. The Hall–Kier alpha value is 0.198. The summed E-state index contributed by atoms with van der Waals surface area (Å²) in [6.45, 7) is 41.3. The van der Waals surface area contributed by atoms with Crippen LogP contribution in [0, 0.1) is 0 Å². The first kappa shape index (κ1) is 116. The molecule has 0 saturated heterocycles. The van der Waals surface area contributed by atoms with Crippen molar-refractivity contribution >= 4 is 61.4 Å². The third-order valence-electron chi connectivity index (χ3n) is 14.7. The monoisotopic (exact) mass is 1620 g/mol. The highest BCUT2D eigenvalue weighted by atomic mass is 28.4. The van der Waals surface area contributed by atoms with Crippen LogP contribution in [0.25, 0.3) is 0 Å². The number of hydrogen-bond donors (Lipinski definition) is 13. The van der Waals surface area contributed by atoms with Gasteiger partial charge in [-0.2, -0.15) is 0 Å². The van der Waals surface area contributed by atoms with Crippen LogP contribution < -0.4 is 72.0 Å². The lowest BCUT2D eigenvalue weighted by Gasteiger charge is -2.28. The summed E-state index contributed by atoms with van der Waals surface area (Å²) < 4.78 is 110. The van der Waals surface area contributed by atoms with Crippen LogP contribution in [0.3, 0.4) is 0 Å². The second-order valence-electron chi connectivity index (χ2n) is 22.1. The summed E-state index contributed by atoms with van der Waals surface area (Å²) in [7, 11) is 1.93. The van der Waals surface area contributed by atoms with Crippen molar-refractivity contribution in [2.24, 2.45) is 40.1 Å². The van der Waals surface area contributed by atoms with Crippen LogP contribution in [0.1, 0.15) is 107 Å². The van der Waals surface area contributed by atoms with Crippen molar-refractivity contribution in [3.05, 3.63) is 0 Å². The van der Waals surface area contributed by atoms with Gasteiger partial charge >= 0.3 is 61.4 Å². The molecule has 0 amide bonds. The molecule has 40 heteroatoms. The minimum atomic E-state index is -2.45. The number of nitrogens with two attached hydrogens (primary N) is 7. The molecule has 0 aromatic rings. The van der Waals surface area contributed by atoms with Gasteiger partial charge in [-0.1, -0.05) is 0 Å². The summed E-state index contributed by atoms with van der Waals surface area (Å²) in [5, 5.41) is 19.7. The van der Waals surface area contributed by atoms with E-state index in [4.69, 9.17) is 129 Å². The number of hydrogen-bond acceptors (Lipinski definition) is 33. The van der Waals surface area contributed by atoms with Gasteiger partial charge in [-0.05, 0) is 166 Å². The minimum Gasteiger partial charge on any atom is -0.398 e. The lowest BCUT2D eigenvalue weighted by atomic mass is 10.4. The molecule has 0 aromatic carbocycles. The summed E-state index contributed by atoms with van der Waals surface area (Å²) in [6.07, 6.45) is 6.72. The van der Waals surface area contributed by atoms with Crippen LogP contribution in [0.4, 0.5) is 0 Å². The summed E-state index contributed by atoms with van der Waals surface area (Å²) >= 11 is 0. The highest BCUT2D eigenvalue weighted by molar-refractivity contribution is 6.66. The van der Waals surface area contributed by atoms with Gasteiger partial charge in [0.15, 0.2) is 0 Å². The molecule has 0 aliphatic carbocycles. The van der Waals surface area contributed by atoms with Crippen molar-refractivity contribution in [3.63, 3.8) is 0 Å². The first-order valence-corrected chi connectivity index (χ1v) is 51.7. The van der Waals surface area contributed by atoms with Crippen LogP contribution in [-0.4, -0.2) is 323 Å². The van der Waals surface area contributed by atoms with Crippen molar-refractivity contribution in [2.45, 2.75) is 156 Å². The smallest absolute Gasteiger partial charge is 0.398 e. The van der Waals surface area contributed by atoms with E-state index in [0.717, 1.165) is 172 Å². The van der Waals surface area contributed by atoms with Gasteiger partial charge in [0.1, 0.15) is 0 Å². The summed E-state index contributed by atoms with van der Waals surface area (Å²) in [5.74, 6) is 0. The van der Waals surface area contributed by atoms with Gasteiger partial charge in [0.25, 0.3) is 0 Å². The van der Waals surface area contributed by atoms with E-state index < -0.39 is 61.4 Å². The fraction of sp³-hybridized carbons (Fsp3) is 1.00. The molecule has 103 heavy (non-hydrogen) atoms. The second kappa shape index (κ2) is 86.2. The Morgan fingerprint density at radius 3 is 0.534 bits per heavy atom. The van der Waals surface area contributed by atoms with Crippen molar-refractivity contribution in [1.82, 2.24) is 31.9 Å². The topological polar surface area (TPSA) is 439 Å². The molecule has 0 saturated carbocycles. The zero-order valence-corrected chi connectivity index (χ0v) is 76.4. The zero-order valence-electron chi connectivity index (χ0n) is 69.4. The molecule has 0 bridgehead atoms. The maximum absolute atomic E-state index is 5.81. The fourth-order valence-electron chi connectivity index (χ4n) is 9.25. The highest BCUT2D eigenvalue weighted by Gasteiger charge is 2.42. The lowest BCUT2D eigenvalue weighted by molar-refractivity contribution is 0.0700. The predicted molar refractivity (Wildman–Crippen MR) is 434 cm³/mol. The molecule has 0 heterocycles. The van der Waals surface area contributed by atoms with E-state index in [2.05, 4.69) is 31.9 Å². The second-order valence-corrected chi connectivity index (χ2v) is 43.2. The average Bonchev–Trinajstić information content (AvgIpc) is 0.894. The van der Waals surface area contributed by atoms with E-state index >= 15 is 0 Å².